The van der Waals surface area contributed by atoms with Gasteiger partial charge in [-0.3, -0.25) is 14.5 Å². The van der Waals surface area contributed by atoms with E-state index >= 15 is 0 Å². The van der Waals surface area contributed by atoms with Crippen molar-refractivity contribution in [3.8, 4) is 5.75 Å². The molecule has 3 aromatic rings. The molecular formula is C24H20ClNO4S. The van der Waals surface area contributed by atoms with E-state index in [1.54, 1.807) is 49.4 Å². The molecule has 31 heavy (non-hydrogen) atoms. The van der Waals surface area contributed by atoms with Crippen molar-refractivity contribution >= 4 is 46.1 Å². The molecule has 4 rings (SSSR count). The number of aliphatic hydroxyl groups is 1. The van der Waals surface area contributed by atoms with Crippen molar-refractivity contribution in [1.29, 1.82) is 0 Å². The highest BCUT2D eigenvalue weighted by atomic mass is 35.5. The maximum atomic E-state index is 13.2. The van der Waals surface area contributed by atoms with Crippen molar-refractivity contribution in [2.75, 3.05) is 11.5 Å². The maximum absolute atomic E-state index is 13.2. The lowest BCUT2D eigenvalue weighted by Gasteiger charge is -2.26. The highest BCUT2D eigenvalue weighted by molar-refractivity contribution is 7.10. The van der Waals surface area contributed by atoms with E-state index in [-0.39, 0.29) is 11.3 Å². The molecule has 0 radical (unpaired) electrons. The molecule has 0 aliphatic carbocycles. The molecule has 0 spiro atoms. The third kappa shape index (κ3) is 3.73. The van der Waals surface area contributed by atoms with E-state index in [1.807, 2.05) is 24.4 Å². The zero-order valence-corrected chi connectivity index (χ0v) is 18.5. The average molecular weight is 454 g/mol. The van der Waals surface area contributed by atoms with E-state index in [1.165, 1.54) is 16.2 Å². The SMILES string of the molecule is CCOc1cccc(/C(O)=C2/C(=O)C(=O)N(c3cccc(Cl)c3C)C2c2cccs2)c1. The quantitative estimate of drug-likeness (QED) is 0.304. The van der Waals surface area contributed by atoms with Gasteiger partial charge in [0.2, 0.25) is 0 Å². The Morgan fingerprint density at radius 2 is 1.94 bits per heavy atom. The normalized spacial score (nSPS) is 17.9. The summed E-state index contributed by atoms with van der Waals surface area (Å²) >= 11 is 7.71. The van der Waals surface area contributed by atoms with E-state index in [0.717, 1.165) is 4.88 Å². The zero-order valence-electron chi connectivity index (χ0n) is 17.0. The lowest BCUT2D eigenvalue weighted by molar-refractivity contribution is -0.132. The van der Waals surface area contributed by atoms with Crippen LogP contribution in [-0.4, -0.2) is 23.4 Å². The summed E-state index contributed by atoms with van der Waals surface area (Å²) in [5, 5.41) is 13.5. The highest BCUT2D eigenvalue weighted by Gasteiger charge is 2.47. The van der Waals surface area contributed by atoms with E-state index in [2.05, 4.69) is 0 Å². The fourth-order valence-electron chi connectivity index (χ4n) is 3.71. The summed E-state index contributed by atoms with van der Waals surface area (Å²) in [5.41, 5.74) is 1.68. The summed E-state index contributed by atoms with van der Waals surface area (Å²) in [4.78, 5) is 28.5. The van der Waals surface area contributed by atoms with Gasteiger partial charge in [0.05, 0.1) is 12.2 Å². The van der Waals surface area contributed by atoms with Gasteiger partial charge in [-0.15, -0.1) is 11.3 Å². The molecule has 5 nitrogen and oxygen atoms in total. The van der Waals surface area contributed by atoms with Crippen LogP contribution in [0.5, 0.6) is 5.75 Å². The number of carbonyl (C=O) groups excluding carboxylic acids is 2. The van der Waals surface area contributed by atoms with Crippen LogP contribution in [-0.2, 0) is 9.59 Å². The van der Waals surface area contributed by atoms with Crippen molar-refractivity contribution in [3.05, 3.63) is 86.6 Å². The molecule has 2 heterocycles. The fourth-order valence-corrected chi connectivity index (χ4v) is 4.70. The lowest BCUT2D eigenvalue weighted by atomic mass is 9.99. The Kier molecular flexibility index (Phi) is 5.85. The van der Waals surface area contributed by atoms with Crippen LogP contribution in [0, 0.1) is 6.92 Å². The molecule has 1 aliphatic heterocycles. The number of anilines is 1. The summed E-state index contributed by atoms with van der Waals surface area (Å²) in [6.45, 7) is 4.13. The standard InChI is InChI=1S/C24H20ClNO4S/c1-3-30-16-8-4-7-15(13-16)22(27)20-21(19-11-6-12-31-19)26(24(29)23(20)28)18-10-5-9-17(25)14(18)2/h4-13,21,27H,3H2,1-2H3/b22-20-. The van der Waals surface area contributed by atoms with Gasteiger partial charge in [0, 0.05) is 21.2 Å². The number of Topliss-reactive ketones (excluding diaryl/α,β-unsaturated/α-hetero) is 1. The van der Waals surface area contributed by atoms with Gasteiger partial charge >= 0.3 is 0 Å². The number of carbonyl (C=O) groups is 2. The van der Waals surface area contributed by atoms with Crippen LogP contribution < -0.4 is 9.64 Å². The van der Waals surface area contributed by atoms with Gasteiger partial charge in [0.25, 0.3) is 11.7 Å². The second-order valence-corrected chi connectivity index (χ2v) is 8.42. The third-order valence-corrected chi connectivity index (χ3v) is 6.51. The summed E-state index contributed by atoms with van der Waals surface area (Å²) in [6.07, 6.45) is 0. The number of hydrogen-bond acceptors (Lipinski definition) is 5. The molecular weight excluding hydrogens is 434 g/mol. The number of amides is 1. The third-order valence-electron chi connectivity index (χ3n) is 5.17. The van der Waals surface area contributed by atoms with Crippen LogP contribution in [0.15, 0.2) is 65.6 Å². The van der Waals surface area contributed by atoms with Crippen LogP contribution >= 0.6 is 22.9 Å². The highest BCUT2D eigenvalue weighted by Crippen LogP contribution is 2.45. The van der Waals surface area contributed by atoms with Crippen LogP contribution in [0.1, 0.15) is 29.0 Å². The fraction of sp³-hybridized carbons (Fsp3) is 0.167. The molecule has 1 aromatic heterocycles. The van der Waals surface area contributed by atoms with Crippen molar-refractivity contribution in [2.45, 2.75) is 19.9 Å². The Labute approximate surface area is 189 Å². The molecule has 1 fully saturated rings. The summed E-state index contributed by atoms with van der Waals surface area (Å²) in [6, 6.07) is 15.0. The molecule has 0 saturated carbocycles. The molecule has 0 bridgehead atoms. The number of nitrogens with zero attached hydrogens (tertiary/aromatic N) is 1. The van der Waals surface area contributed by atoms with E-state index in [9.17, 15) is 14.7 Å². The molecule has 1 saturated heterocycles. The molecule has 1 aliphatic rings. The Balaban J connectivity index is 1.92. The molecule has 1 atom stereocenters. The summed E-state index contributed by atoms with van der Waals surface area (Å²) in [7, 11) is 0. The number of thiophene rings is 1. The van der Waals surface area contributed by atoms with Crippen molar-refractivity contribution in [2.24, 2.45) is 0 Å². The molecule has 2 aromatic carbocycles. The zero-order chi connectivity index (χ0) is 22.1. The van der Waals surface area contributed by atoms with Gasteiger partial charge in [-0.25, -0.2) is 0 Å². The van der Waals surface area contributed by atoms with Gasteiger partial charge in [-0.1, -0.05) is 35.9 Å². The van der Waals surface area contributed by atoms with Crippen molar-refractivity contribution < 1.29 is 19.4 Å². The molecule has 7 heteroatoms. The maximum Gasteiger partial charge on any atom is 0.300 e. The second kappa shape index (κ2) is 8.57. The number of ketones is 1. The Morgan fingerprint density at radius 1 is 1.16 bits per heavy atom. The first-order valence-corrected chi connectivity index (χ1v) is 11.0. The first-order valence-electron chi connectivity index (χ1n) is 9.76. The second-order valence-electron chi connectivity index (χ2n) is 7.03. The number of benzene rings is 2. The first-order chi connectivity index (χ1) is 14.9. The minimum absolute atomic E-state index is 0.0421. The van der Waals surface area contributed by atoms with Gasteiger partial charge < -0.3 is 9.84 Å². The molecule has 1 amide bonds. The van der Waals surface area contributed by atoms with Crippen LogP contribution in [0.3, 0.4) is 0 Å². The van der Waals surface area contributed by atoms with Gasteiger partial charge in [0.1, 0.15) is 17.6 Å². The van der Waals surface area contributed by atoms with E-state index < -0.39 is 17.7 Å². The molecule has 1 unspecified atom stereocenters. The number of hydrogen-bond donors (Lipinski definition) is 1. The van der Waals surface area contributed by atoms with Gasteiger partial charge in [0.15, 0.2) is 0 Å². The van der Waals surface area contributed by atoms with Crippen LogP contribution in [0.2, 0.25) is 5.02 Å². The van der Waals surface area contributed by atoms with Crippen molar-refractivity contribution in [3.63, 3.8) is 0 Å². The smallest absolute Gasteiger partial charge is 0.300 e. The van der Waals surface area contributed by atoms with Crippen molar-refractivity contribution in [1.82, 2.24) is 0 Å². The number of halogens is 1. The summed E-state index contributed by atoms with van der Waals surface area (Å²) < 4.78 is 5.52. The van der Waals surface area contributed by atoms with Crippen LogP contribution in [0.25, 0.3) is 5.76 Å². The monoisotopic (exact) mass is 453 g/mol. The van der Waals surface area contributed by atoms with E-state index in [0.29, 0.717) is 34.2 Å². The number of rotatable bonds is 5. The molecule has 158 valence electrons. The van der Waals surface area contributed by atoms with Gasteiger partial charge in [-0.05, 0) is 55.1 Å². The number of ether oxygens (including phenoxy) is 1. The Bertz CT molecular complexity index is 1190. The largest absolute Gasteiger partial charge is 0.507 e. The predicted molar refractivity (Wildman–Crippen MR) is 123 cm³/mol. The predicted octanol–water partition coefficient (Wildman–Crippen LogP) is 5.73. The first kappa shape index (κ1) is 21.2. The topological polar surface area (TPSA) is 66.8 Å². The lowest BCUT2D eigenvalue weighted by Crippen LogP contribution is -2.29. The minimum atomic E-state index is -0.757. The van der Waals surface area contributed by atoms with E-state index in [4.69, 9.17) is 16.3 Å². The average Bonchev–Trinajstić information content (AvgIpc) is 3.38. The van der Waals surface area contributed by atoms with Gasteiger partial charge in [-0.2, -0.15) is 0 Å². The number of aliphatic hydroxyl groups excluding tert-OH is 1. The van der Waals surface area contributed by atoms with Crippen LogP contribution in [0.4, 0.5) is 5.69 Å². The molecule has 1 N–H and O–H groups in total. The Hall–Kier alpha value is -3.09. The summed E-state index contributed by atoms with van der Waals surface area (Å²) in [5.74, 6) is -1.11. The minimum Gasteiger partial charge on any atom is -0.507 e. The Morgan fingerprint density at radius 3 is 2.65 bits per heavy atom.